The Kier molecular flexibility index (Phi) is 2.88. The summed E-state index contributed by atoms with van der Waals surface area (Å²) in [7, 11) is -3.45. The van der Waals surface area contributed by atoms with Crippen LogP contribution in [0.15, 0.2) is 0 Å². The number of nitrogens with two attached hydrogens (primary N) is 1. The van der Waals surface area contributed by atoms with Gasteiger partial charge in [-0.15, -0.1) is 0 Å². The lowest BCUT2D eigenvalue weighted by Crippen LogP contribution is -2.51. The molecule has 78 valence electrons. The van der Waals surface area contributed by atoms with Crippen molar-refractivity contribution in [3.63, 3.8) is 0 Å². The SMILES string of the molecule is NCCS(=O)(=O)NC1CC(F)(F)C1. The Morgan fingerprint density at radius 1 is 1.46 bits per heavy atom. The number of rotatable bonds is 4. The molecule has 3 N–H and O–H groups in total. The summed E-state index contributed by atoms with van der Waals surface area (Å²) in [5, 5.41) is 0. The summed E-state index contributed by atoms with van der Waals surface area (Å²) in [6, 6.07) is -0.619. The molecule has 0 aromatic heterocycles. The van der Waals surface area contributed by atoms with Gasteiger partial charge in [-0.2, -0.15) is 0 Å². The third-order valence-corrected chi connectivity index (χ3v) is 3.29. The zero-order valence-electron chi connectivity index (χ0n) is 6.96. The molecule has 7 heteroatoms. The lowest BCUT2D eigenvalue weighted by Gasteiger charge is -2.34. The van der Waals surface area contributed by atoms with Gasteiger partial charge in [0, 0.05) is 25.4 Å². The molecule has 0 aliphatic heterocycles. The highest BCUT2D eigenvalue weighted by Gasteiger charge is 2.46. The second kappa shape index (κ2) is 3.47. The van der Waals surface area contributed by atoms with Crippen LogP contribution in [-0.4, -0.2) is 32.7 Å². The van der Waals surface area contributed by atoms with Crippen molar-refractivity contribution in [2.45, 2.75) is 24.8 Å². The zero-order valence-corrected chi connectivity index (χ0v) is 7.78. The quantitative estimate of drug-likeness (QED) is 0.672. The van der Waals surface area contributed by atoms with Gasteiger partial charge < -0.3 is 5.73 Å². The summed E-state index contributed by atoms with van der Waals surface area (Å²) in [5.74, 6) is -2.91. The number of halogens is 2. The van der Waals surface area contributed by atoms with Crippen molar-refractivity contribution in [1.82, 2.24) is 4.72 Å². The van der Waals surface area contributed by atoms with Gasteiger partial charge in [0.15, 0.2) is 0 Å². The highest BCUT2D eigenvalue weighted by molar-refractivity contribution is 7.89. The van der Waals surface area contributed by atoms with Crippen LogP contribution >= 0.6 is 0 Å². The molecule has 4 nitrogen and oxygen atoms in total. The molecule has 13 heavy (non-hydrogen) atoms. The lowest BCUT2D eigenvalue weighted by atomic mass is 9.89. The van der Waals surface area contributed by atoms with E-state index in [2.05, 4.69) is 4.72 Å². The molecular formula is C6H12F2N2O2S. The first kappa shape index (κ1) is 10.8. The third-order valence-electron chi connectivity index (χ3n) is 1.82. The van der Waals surface area contributed by atoms with Crippen molar-refractivity contribution in [2.24, 2.45) is 5.73 Å². The predicted octanol–water partition coefficient (Wildman–Crippen LogP) is -0.338. The second-order valence-electron chi connectivity index (χ2n) is 3.19. The summed E-state index contributed by atoms with van der Waals surface area (Å²) >= 11 is 0. The fourth-order valence-corrected chi connectivity index (χ4v) is 2.32. The third kappa shape index (κ3) is 3.17. The van der Waals surface area contributed by atoms with E-state index in [1.54, 1.807) is 0 Å². The number of hydrogen-bond donors (Lipinski definition) is 2. The van der Waals surface area contributed by atoms with E-state index in [9.17, 15) is 17.2 Å². The Morgan fingerprint density at radius 2 is 2.00 bits per heavy atom. The highest BCUT2D eigenvalue weighted by Crippen LogP contribution is 2.37. The zero-order chi connectivity index (χ0) is 10.1. The Balaban J connectivity index is 2.36. The van der Waals surface area contributed by atoms with E-state index in [1.165, 1.54) is 0 Å². The molecule has 0 saturated heterocycles. The topological polar surface area (TPSA) is 72.2 Å². The van der Waals surface area contributed by atoms with E-state index in [0.717, 1.165) is 0 Å². The summed E-state index contributed by atoms with van der Waals surface area (Å²) in [6.07, 6.45) is -0.812. The molecule has 1 aliphatic carbocycles. The Bertz CT molecular complexity index is 270. The first-order chi connectivity index (χ1) is 5.85. The van der Waals surface area contributed by atoms with Crippen LogP contribution in [0.1, 0.15) is 12.8 Å². The van der Waals surface area contributed by atoms with E-state index in [1.807, 2.05) is 0 Å². The van der Waals surface area contributed by atoms with E-state index < -0.39 is 34.8 Å². The molecule has 1 aliphatic rings. The molecule has 1 rings (SSSR count). The van der Waals surface area contributed by atoms with Gasteiger partial charge in [0.2, 0.25) is 10.0 Å². The molecule has 0 heterocycles. The van der Waals surface area contributed by atoms with Crippen LogP contribution < -0.4 is 10.5 Å². The van der Waals surface area contributed by atoms with Crippen molar-refractivity contribution >= 4 is 10.0 Å². The largest absolute Gasteiger partial charge is 0.329 e. The van der Waals surface area contributed by atoms with Gasteiger partial charge in [-0.3, -0.25) is 0 Å². The molecule has 0 amide bonds. The van der Waals surface area contributed by atoms with Crippen LogP contribution in [-0.2, 0) is 10.0 Å². The molecule has 0 bridgehead atoms. The molecular weight excluding hydrogens is 202 g/mol. The average Bonchev–Trinajstić information content (AvgIpc) is 1.80. The fraction of sp³-hybridized carbons (Fsp3) is 1.00. The minimum Gasteiger partial charge on any atom is -0.329 e. The first-order valence-corrected chi connectivity index (χ1v) is 5.58. The van der Waals surface area contributed by atoms with Crippen LogP contribution in [0.5, 0.6) is 0 Å². The van der Waals surface area contributed by atoms with Crippen molar-refractivity contribution in [2.75, 3.05) is 12.3 Å². The van der Waals surface area contributed by atoms with Crippen molar-refractivity contribution < 1.29 is 17.2 Å². The molecule has 0 aromatic carbocycles. The minimum absolute atomic E-state index is 0.00154. The molecule has 0 atom stereocenters. The Morgan fingerprint density at radius 3 is 2.38 bits per heavy atom. The normalized spacial score (nSPS) is 22.7. The fourth-order valence-electron chi connectivity index (χ4n) is 1.21. The standard InChI is InChI=1S/C6H12F2N2O2S/c7-6(8)3-5(4-6)10-13(11,12)2-1-9/h5,10H,1-4,9H2. The summed E-state index contributed by atoms with van der Waals surface area (Å²) in [5.41, 5.74) is 5.04. The predicted molar refractivity (Wildman–Crippen MR) is 43.9 cm³/mol. The highest BCUT2D eigenvalue weighted by atomic mass is 32.2. The van der Waals surface area contributed by atoms with Gasteiger partial charge in [-0.1, -0.05) is 0 Å². The molecule has 0 aromatic rings. The summed E-state index contributed by atoms with van der Waals surface area (Å²) in [4.78, 5) is 0. The van der Waals surface area contributed by atoms with Gasteiger partial charge in [0.1, 0.15) is 0 Å². The monoisotopic (exact) mass is 214 g/mol. The van der Waals surface area contributed by atoms with Crippen molar-refractivity contribution in [3.05, 3.63) is 0 Å². The van der Waals surface area contributed by atoms with Crippen molar-refractivity contribution in [1.29, 1.82) is 0 Å². The summed E-state index contributed by atoms with van der Waals surface area (Å²) in [6.45, 7) is -0.00154. The van der Waals surface area contributed by atoms with E-state index >= 15 is 0 Å². The van der Waals surface area contributed by atoms with E-state index in [0.29, 0.717) is 0 Å². The van der Waals surface area contributed by atoms with E-state index in [4.69, 9.17) is 5.73 Å². The van der Waals surface area contributed by atoms with Crippen LogP contribution in [0.3, 0.4) is 0 Å². The number of hydrogen-bond acceptors (Lipinski definition) is 3. The maximum atomic E-state index is 12.3. The summed E-state index contributed by atoms with van der Waals surface area (Å²) < 4.78 is 48.8. The van der Waals surface area contributed by atoms with Gasteiger partial charge in [-0.25, -0.2) is 21.9 Å². The van der Waals surface area contributed by atoms with Gasteiger partial charge >= 0.3 is 0 Å². The first-order valence-electron chi connectivity index (χ1n) is 3.92. The second-order valence-corrected chi connectivity index (χ2v) is 5.06. The van der Waals surface area contributed by atoms with Crippen LogP contribution in [0.4, 0.5) is 8.78 Å². The smallest absolute Gasteiger partial charge is 0.251 e. The van der Waals surface area contributed by atoms with Gasteiger partial charge in [-0.05, 0) is 0 Å². The molecule has 0 spiro atoms. The van der Waals surface area contributed by atoms with Crippen LogP contribution in [0.25, 0.3) is 0 Å². The lowest BCUT2D eigenvalue weighted by molar-refractivity contribution is -0.0876. The van der Waals surface area contributed by atoms with Gasteiger partial charge in [0.05, 0.1) is 5.75 Å². The van der Waals surface area contributed by atoms with E-state index in [-0.39, 0.29) is 12.3 Å². The Hall–Kier alpha value is -0.270. The average molecular weight is 214 g/mol. The minimum atomic E-state index is -3.45. The maximum absolute atomic E-state index is 12.3. The molecule has 0 unspecified atom stereocenters. The number of sulfonamides is 1. The molecule has 0 radical (unpaired) electrons. The molecule has 1 saturated carbocycles. The van der Waals surface area contributed by atoms with Crippen LogP contribution in [0, 0.1) is 0 Å². The van der Waals surface area contributed by atoms with Gasteiger partial charge in [0.25, 0.3) is 5.92 Å². The molecule has 1 fully saturated rings. The van der Waals surface area contributed by atoms with Crippen LogP contribution in [0.2, 0.25) is 0 Å². The van der Waals surface area contributed by atoms with Crippen molar-refractivity contribution in [3.8, 4) is 0 Å². The number of alkyl halides is 2. The maximum Gasteiger partial charge on any atom is 0.251 e. The number of nitrogens with one attached hydrogen (secondary N) is 1. The Labute approximate surface area is 75.5 Å².